The molecule has 0 aromatic heterocycles. The van der Waals surface area contributed by atoms with E-state index in [1.54, 1.807) is 7.11 Å². The molecule has 0 radical (unpaired) electrons. The molecule has 1 amide bonds. The average Bonchev–Trinajstić information content (AvgIpc) is 2.28. The summed E-state index contributed by atoms with van der Waals surface area (Å²) in [5.74, 6) is -0.0555. The molecule has 1 aromatic rings. The lowest BCUT2D eigenvalue weighted by Gasteiger charge is -2.19. The maximum Gasteiger partial charge on any atom is 0.251 e. The number of rotatable bonds is 4. The highest BCUT2D eigenvalue weighted by Gasteiger charge is 2.14. The van der Waals surface area contributed by atoms with E-state index in [0.717, 1.165) is 0 Å². The first-order valence-corrected chi connectivity index (χ1v) is 6.25. The molecule has 0 bridgehead atoms. The lowest BCUT2D eigenvalue weighted by molar-refractivity contribution is 0.0905. The SMILES string of the molecule is COC[C@H](C)NC(=O)c1ccc(C(C)(C)C)cc1. The molecule has 3 heteroatoms. The summed E-state index contributed by atoms with van der Waals surface area (Å²) >= 11 is 0. The number of carbonyl (C=O) groups excluding carboxylic acids is 1. The molecule has 0 unspecified atom stereocenters. The molecule has 0 heterocycles. The number of methoxy groups -OCH3 is 1. The predicted octanol–water partition coefficient (Wildman–Crippen LogP) is 2.75. The molecule has 0 aliphatic rings. The van der Waals surface area contributed by atoms with Crippen molar-refractivity contribution >= 4 is 5.91 Å². The van der Waals surface area contributed by atoms with Crippen LogP contribution in [-0.4, -0.2) is 25.7 Å². The molecule has 0 aliphatic carbocycles. The van der Waals surface area contributed by atoms with Gasteiger partial charge in [0.15, 0.2) is 0 Å². The lowest BCUT2D eigenvalue weighted by atomic mass is 9.86. The van der Waals surface area contributed by atoms with Gasteiger partial charge in [-0.2, -0.15) is 0 Å². The highest BCUT2D eigenvalue weighted by molar-refractivity contribution is 5.94. The maximum atomic E-state index is 11.9. The largest absolute Gasteiger partial charge is 0.383 e. The van der Waals surface area contributed by atoms with E-state index in [9.17, 15) is 4.79 Å². The predicted molar refractivity (Wildman–Crippen MR) is 73.9 cm³/mol. The van der Waals surface area contributed by atoms with Gasteiger partial charge in [0.25, 0.3) is 5.91 Å². The fraction of sp³-hybridized carbons (Fsp3) is 0.533. The zero-order valence-electron chi connectivity index (χ0n) is 11.9. The summed E-state index contributed by atoms with van der Waals surface area (Å²) in [5.41, 5.74) is 2.02. The zero-order valence-corrected chi connectivity index (χ0v) is 11.9. The van der Waals surface area contributed by atoms with Crippen LogP contribution in [0.15, 0.2) is 24.3 Å². The Balaban J connectivity index is 2.71. The lowest BCUT2D eigenvalue weighted by Crippen LogP contribution is -2.35. The highest BCUT2D eigenvalue weighted by Crippen LogP contribution is 2.22. The van der Waals surface area contributed by atoms with Gasteiger partial charge in [-0.1, -0.05) is 32.9 Å². The first-order chi connectivity index (χ1) is 8.34. The van der Waals surface area contributed by atoms with Gasteiger partial charge in [-0.3, -0.25) is 4.79 Å². The van der Waals surface area contributed by atoms with E-state index >= 15 is 0 Å². The number of hydrogen-bond donors (Lipinski definition) is 1. The standard InChI is InChI=1S/C15H23NO2/c1-11(10-18-5)16-14(17)12-6-8-13(9-7-12)15(2,3)4/h6-9,11H,10H2,1-5H3,(H,16,17)/t11-/m0/s1. The molecule has 0 aliphatic heterocycles. The molecule has 1 atom stereocenters. The first-order valence-electron chi connectivity index (χ1n) is 6.25. The molecule has 0 saturated carbocycles. The van der Waals surface area contributed by atoms with Crippen LogP contribution >= 0.6 is 0 Å². The second-order valence-electron chi connectivity index (χ2n) is 5.66. The zero-order chi connectivity index (χ0) is 13.8. The third-order valence-electron chi connectivity index (χ3n) is 2.81. The number of benzene rings is 1. The maximum absolute atomic E-state index is 11.9. The van der Waals surface area contributed by atoms with Crippen LogP contribution in [0.1, 0.15) is 43.6 Å². The minimum atomic E-state index is -0.0555. The number of carbonyl (C=O) groups is 1. The monoisotopic (exact) mass is 249 g/mol. The van der Waals surface area contributed by atoms with Crippen molar-refractivity contribution in [2.75, 3.05) is 13.7 Å². The van der Waals surface area contributed by atoms with Crippen molar-refractivity contribution in [1.29, 1.82) is 0 Å². The number of hydrogen-bond acceptors (Lipinski definition) is 2. The third kappa shape index (κ3) is 4.15. The van der Waals surface area contributed by atoms with Gasteiger partial charge in [0.2, 0.25) is 0 Å². The van der Waals surface area contributed by atoms with Gasteiger partial charge in [0, 0.05) is 18.7 Å². The van der Waals surface area contributed by atoms with E-state index in [2.05, 4.69) is 26.1 Å². The summed E-state index contributed by atoms with van der Waals surface area (Å²) < 4.78 is 4.99. The van der Waals surface area contributed by atoms with Crippen LogP contribution in [0.2, 0.25) is 0 Å². The molecule has 18 heavy (non-hydrogen) atoms. The molecule has 1 aromatic carbocycles. The molecule has 0 spiro atoms. The van der Waals surface area contributed by atoms with Crippen LogP contribution in [0, 0.1) is 0 Å². The van der Waals surface area contributed by atoms with E-state index in [-0.39, 0.29) is 17.4 Å². The third-order valence-corrected chi connectivity index (χ3v) is 2.81. The Labute approximate surface area is 110 Å². The normalized spacial score (nSPS) is 13.2. The summed E-state index contributed by atoms with van der Waals surface area (Å²) in [6.45, 7) is 8.91. The Kier molecular flexibility index (Phi) is 4.91. The summed E-state index contributed by atoms with van der Waals surface area (Å²) in [4.78, 5) is 11.9. The smallest absolute Gasteiger partial charge is 0.251 e. The van der Waals surface area contributed by atoms with Crippen molar-refractivity contribution in [2.45, 2.75) is 39.2 Å². The van der Waals surface area contributed by atoms with Gasteiger partial charge in [-0.05, 0) is 30.0 Å². The summed E-state index contributed by atoms with van der Waals surface area (Å²) in [6.07, 6.45) is 0. The Morgan fingerprint density at radius 1 is 1.28 bits per heavy atom. The molecule has 1 rings (SSSR count). The van der Waals surface area contributed by atoms with Crippen LogP contribution in [0.25, 0.3) is 0 Å². The van der Waals surface area contributed by atoms with Crippen LogP contribution in [0.5, 0.6) is 0 Å². The Morgan fingerprint density at radius 3 is 2.28 bits per heavy atom. The summed E-state index contributed by atoms with van der Waals surface area (Å²) in [6, 6.07) is 7.78. The van der Waals surface area contributed by atoms with Gasteiger partial charge in [0.05, 0.1) is 6.61 Å². The summed E-state index contributed by atoms with van der Waals surface area (Å²) in [5, 5.41) is 2.89. The minimum absolute atomic E-state index is 0.0183. The van der Waals surface area contributed by atoms with Crippen molar-refractivity contribution in [3.05, 3.63) is 35.4 Å². The second kappa shape index (κ2) is 6.01. The highest BCUT2D eigenvalue weighted by atomic mass is 16.5. The average molecular weight is 249 g/mol. The van der Waals surface area contributed by atoms with E-state index in [4.69, 9.17) is 4.74 Å². The van der Waals surface area contributed by atoms with Gasteiger partial charge in [0.1, 0.15) is 0 Å². The quantitative estimate of drug-likeness (QED) is 0.891. The molecule has 1 N–H and O–H groups in total. The Morgan fingerprint density at radius 2 is 1.83 bits per heavy atom. The van der Waals surface area contributed by atoms with Crippen molar-refractivity contribution in [2.24, 2.45) is 0 Å². The summed E-state index contributed by atoms with van der Waals surface area (Å²) in [7, 11) is 1.63. The van der Waals surface area contributed by atoms with Crippen LogP contribution < -0.4 is 5.32 Å². The van der Waals surface area contributed by atoms with Gasteiger partial charge in [-0.15, -0.1) is 0 Å². The van der Waals surface area contributed by atoms with E-state index in [0.29, 0.717) is 12.2 Å². The fourth-order valence-electron chi connectivity index (χ4n) is 1.72. The van der Waals surface area contributed by atoms with E-state index < -0.39 is 0 Å². The van der Waals surface area contributed by atoms with Crippen LogP contribution in [0.3, 0.4) is 0 Å². The molecule has 0 saturated heterocycles. The van der Waals surface area contributed by atoms with Crippen molar-refractivity contribution in [1.82, 2.24) is 5.32 Å². The molecule has 0 fully saturated rings. The Bertz CT molecular complexity index is 390. The van der Waals surface area contributed by atoms with Gasteiger partial charge in [-0.25, -0.2) is 0 Å². The minimum Gasteiger partial charge on any atom is -0.383 e. The van der Waals surface area contributed by atoms with E-state index in [1.165, 1.54) is 5.56 Å². The van der Waals surface area contributed by atoms with E-state index in [1.807, 2.05) is 31.2 Å². The van der Waals surface area contributed by atoms with Crippen molar-refractivity contribution in [3.63, 3.8) is 0 Å². The fourth-order valence-corrected chi connectivity index (χ4v) is 1.72. The van der Waals surface area contributed by atoms with Gasteiger partial charge >= 0.3 is 0 Å². The molecular formula is C15H23NO2. The molecule has 3 nitrogen and oxygen atoms in total. The number of ether oxygens (including phenoxy) is 1. The topological polar surface area (TPSA) is 38.3 Å². The number of amides is 1. The van der Waals surface area contributed by atoms with Crippen molar-refractivity contribution in [3.8, 4) is 0 Å². The first kappa shape index (κ1) is 14.7. The van der Waals surface area contributed by atoms with Crippen LogP contribution in [0.4, 0.5) is 0 Å². The molecular weight excluding hydrogens is 226 g/mol. The van der Waals surface area contributed by atoms with Crippen LogP contribution in [-0.2, 0) is 10.2 Å². The van der Waals surface area contributed by atoms with Gasteiger partial charge < -0.3 is 10.1 Å². The second-order valence-corrected chi connectivity index (χ2v) is 5.66. The Hall–Kier alpha value is -1.35. The number of nitrogens with one attached hydrogen (secondary N) is 1. The molecule has 100 valence electrons. The van der Waals surface area contributed by atoms with Crippen molar-refractivity contribution < 1.29 is 9.53 Å².